The third kappa shape index (κ3) is 5.17. The van der Waals surface area contributed by atoms with E-state index in [2.05, 4.69) is 13.8 Å². The molecular weight excluding hydrogens is 164 g/mol. The Balaban J connectivity index is 1.93. The molecule has 0 N–H and O–H groups in total. The molecule has 1 aliphatic rings. The molecule has 1 aliphatic heterocycles. The van der Waals surface area contributed by atoms with E-state index in [1.807, 2.05) is 6.61 Å². The van der Waals surface area contributed by atoms with Crippen LogP contribution in [0, 0.1) is 12.5 Å². The van der Waals surface area contributed by atoms with Crippen molar-refractivity contribution in [1.29, 1.82) is 0 Å². The van der Waals surface area contributed by atoms with Gasteiger partial charge in [-0.25, -0.2) is 0 Å². The van der Waals surface area contributed by atoms with Gasteiger partial charge in [0.15, 0.2) is 0 Å². The van der Waals surface area contributed by atoms with Gasteiger partial charge in [0.1, 0.15) is 6.61 Å². The van der Waals surface area contributed by atoms with Crippen molar-refractivity contribution in [3.8, 4) is 0 Å². The van der Waals surface area contributed by atoms with Gasteiger partial charge < -0.3 is 4.74 Å². The summed E-state index contributed by atoms with van der Waals surface area (Å²) in [6.45, 7) is 7.96. The molecule has 0 bridgehead atoms. The van der Waals surface area contributed by atoms with Gasteiger partial charge in [-0.05, 0) is 12.3 Å². The van der Waals surface area contributed by atoms with E-state index in [0.717, 1.165) is 19.1 Å². The highest BCUT2D eigenvalue weighted by Gasteiger charge is 2.39. The van der Waals surface area contributed by atoms with Crippen LogP contribution in [0.2, 0.25) is 0 Å². The van der Waals surface area contributed by atoms with Crippen LogP contribution in [0.5, 0.6) is 0 Å². The van der Waals surface area contributed by atoms with Gasteiger partial charge in [-0.15, -0.1) is 4.74 Å². The average Bonchev–Trinajstić information content (AvgIpc) is 2.94. The molecular formula is C11H21O2+. The molecule has 0 spiro atoms. The van der Waals surface area contributed by atoms with E-state index >= 15 is 0 Å². The summed E-state index contributed by atoms with van der Waals surface area (Å²) >= 11 is 0. The lowest BCUT2D eigenvalue weighted by Crippen LogP contribution is -2.11. The minimum absolute atomic E-state index is 0.295. The lowest BCUT2D eigenvalue weighted by molar-refractivity contribution is 0.0813. The number of unbranched alkanes of at least 4 members (excludes halogenated alkanes) is 1. The van der Waals surface area contributed by atoms with Crippen LogP contribution in [0.15, 0.2) is 0 Å². The summed E-state index contributed by atoms with van der Waals surface area (Å²) in [4.78, 5) is 0. The van der Waals surface area contributed by atoms with Crippen LogP contribution in [0.25, 0.3) is 0 Å². The van der Waals surface area contributed by atoms with E-state index in [1.54, 1.807) is 0 Å². The summed E-state index contributed by atoms with van der Waals surface area (Å²) < 4.78 is 10.5. The Morgan fingerprint density at radius 3 is 2.77 bits per heavy atom. The molecule has 0 aliphatic carbocycles. The van der Waals surface area contributed by atoms with Crippen molar-refractivity contribution < 1.29 is 9.47 Å². The van der Waals surface area contributed by atoms with Crippen molar-refractivity contribution in [1.82, 2.24) is 0 Å². The molecule has 0 radical (unpaired) electrons. The number of hydrogen-bond donors (Lipinski definition) is 0. The summed E-state index contributed by atoms with van der Waals surface area (Å²) in [5, 5.41) is 0. The van der Waals surface area contributed by atoms with Gasteiger partial charge in [-0.1, -0.05) is 33.1 Å². The van der Waals surface area contributed by atoms with Crippen LogP contribution in [0.1, 0.15) is 39.5 Å². The van der Waals surface area contributed by atoms with Gasteiger partial charge >= 0.3 is 0 Å². The average molecular weight is 185 g/mol. The largest absolute Gasteiger partial charge is 0.373 e. The van der Waals surface area contributed by atoms with Crippen LogP contribution >= 0.6 is 0 Å². The molecule has 0 saturated carbocycles. The van der Waals surface area contributed by atoms with Gasteiger partial charge in [0.2, 0.25) is 0 Å². The summed E-state index contributed by atoms with van der Waals surface area (Å²) in [5.41, 5.74) is 0. The van der Waals surface area contributed by atoms with Gasteiger partial charge in [0.05, 0.1) is 0 Å². The van der Waals surface area contributed by atoms with Gasteiger partial charge in [0, 0.05) is 6.61 Å². The van der Waals surface area contributed by atoms with E-state index in [-0.39, 0.29) is 0 Å². The summed E-state index contributed by atoms with van der Waals surface area (Å²) in [6, 6.07) is 0. The SMILES string of the molecule is CCCCC(CC)COCC1[CH+]O1. The molecule has 2 nitrogen and oxygen atoms in total. The molecule has 1 fully saturated rings. The van der Waals surface area contributed by atoms with Crippen molar-refractivity contribution in [2.24, 2.45) is 5.92 Å². The van der Waals surface area contributed by atoms with E-state index in [1.165, 1.54) is 25.7 Å². The fraction of sp³-hybridized carbons (Fsp3) is 0.909. The van der Waals surface area contributed by atoms with Crippen LogP contribution in [0.4, 0.5) is 0 Å². The minimum Gasteiger partial charge on any atom is -0.373 e. The van der Waals surface area contributed by atoms with Crippen molar-refractivity contribution in [3.05, 3.63) is 6.61 Å². The Morgan fingerprint density at radius 2 is 2.23 bits per heavy atom. The topological polar surface area (TPSA) is 21.8 Å². The molecule has 1 saturated heterocycles. The normalized spacial score (nSPS) is 22.5. The zero-order chi connectivity index (χ0) is 9.52. The number of ether oxygens (including phenoxy) is 2. The molecule has 2 heteroatoms. The number of epoxide rings is 1. The van der Waals surface area contributed by atoms with Crippen molar-refractivity contribution >= 4 is 0 Å². The smallest absolute Gasteiger partial charge is 0.298 e. The van der Waals surface area contributed by atoms with Gasteiger partial charge in [0.25, 0.3) is 12.7 Å². The monoisotopic (exact) mass is 185 g/mol. The molecule has 2 unspecified atom stereocenters. The first-order valence-electron chi connectivity index (χ1n) is 5.43. The van der Waals surface area contributed by atoms with E-state index in [0.29, 0.717) is 6.10 Å². The Bertz CT molecular complexity index is 121. The van der Waals surface area contributed by atoms with E-state index < -0.39 is 0 Å². The van der Waals surface area contributed by atoms with Crippen LogP contribution in [-0.2, 0) is 9.47 Å². The molecule has 0 aromatic rings. The molecule has 76 valence electrons. The van der Waals surface area contributed by atoms with E-state index in [9.17, 15) is 0 Å². The second kappa shape index (κ2) is 6.28. The van der Waals surface area contributed by atoms with Gasteiger partial charge in [-0.3, -0.25) is 0 Å². The van der Waals surface area contributed by atoms with Crippen LogP contribution in [0.3, 0.4) is 0 Å². The highest BCUT2D eigenvalue weighted by molar-refractivity contribution is 4.82. The van der Waals surface area contributed by atoms with E-state index in [4.69, 9.17) is 9.47 Å². The lowest BCUT2D eigenvalue weighted by Gasteiger charge is -2.13. The maximum absolute atomic E-state index is 5.55. The van der Waals surface area contributed by atoms with Gasteiger partial charge in [-0.2, -0.15) is 0 Å². The Labute approximate surface area is 81.6 Å². The third-order valence-electron chi connectivity index (χ3n) is 2.51. The molecule has 0 aromatic carbocycles. The lowest BCUT2D eigenvalue weighted by atomic mass is 10.0. The molecule has 0 amide bonds. The van der Waals surface area contributed by atoms with Crippen molar-refractivity contribution in [2.45, 2.75) is 45.6 Å². The first-order valence-corrected chi connectivity index (χ1v) is 5.43. The molecule has 1 heterocycles. The van der Waals surface area contributed by atoms with Crippen LogP contribution in [-0.4, -0.2) is 19.3 Å². The predicted molar refractivity (Wildman–Crippen MR) is 53.3 cm³/mol. The third-order valence-corrected chi connectivity index (χ3v) is 2.51. The fourth-order valence-corrected chi connectivity index (χ4v) is 1.38. The summed E-state index contributed by atoms with van der Waals surface area (Å²) in [7, 11) is 0. The highest BCUT2D eigenvalue weighted by atomic mass is 16.6. The molecule has 13 heavy (non-hydrogen) atoms. The van der Waals surface area contributed by atoms with Crippen molar-refractivity contribution in [2.75, 3.05) is 13.2 Å². The zero-order valence-corrected chi connectivity index (χ0v) is 8.79. The molecule has 2 atom stereocenters. The fourth-order valence-electron chi connectivity index (χ4n) is 1.38. The predicted octanol–water partition coefficient (Wildman–Crippen LogP) is 2.78. The molecule has 1 rings (SSSR count). The van der Waals surface area contributed by atoms with Crippen molar-refractivity contribution in [3.63, 3.8) is 0 Å². The second-order valence-corrected chi connectivity index (χ2v) is 3.76. The minimum atomic E-state index is 0.295. The zero-order valence-electron chi connectivity index (χ0n) is 8.79. The number of hydrogen-bond acceptors (Lipinski definition) is 2. The van der Waals surface area contributed by atoms with Crippen LogP contribution < -0.4 is 0 Å². The second-order valence-electron chi connectivity index (χ2n) is 3.76. The molecule has 0 aromatic heterocycles. The Kier molecular flexibility index (Phi) is 5.25. The summed E-state index contributed by atoms with van der Waals surface area (Å²) in [6.07, 6.45) is 5.45. The standard InChI is InChI=1S/C11H21O2/c1-3-5-6-10(4-2)7-12-8-11-9-13-11/h9-11H,3-8H2,1-2H3/q+1. The Morgan fingerprint density at radius 1 is 1.46 bits per heavy atom. The highest BCUT2D eigenvalue weighted by Crippen LogP contribution is 2.17. The quantitative estimate of drug-likeness (QED) is 0.428. The summed E-state index contributed by atoms with van der Waals surface area (Å²) in [5.74, 6) is 0.749. The Hall–Kier alpha value is -0.210. The first-order chi connectivity index (χ1) is 6.36. The maximum atomic E-state index is 5.55. The maximum Gasteiger partial charge on any atom is 0.298 e. The first kappa shape index (κ1) is 10.9. The number of rotatable bonds is 8.